The van der Waals surface area contributed by atoms with Crippen LogP contribution in [-0.2, 0) is 0 Å². The van der Waals surface area contributed by atoms with E-state index in [1.807, 2.05) is 7.05 Å². The van der Waals surface area contributed by atoms with Gasteiger partial charge in [-0.25, -0.2) is 4.98 Å². The van der Waals surface area contributed by atoms with Gasteiger partial charge in [-0.15, -0.1) is 0 Å². The summed E-state index contributed by atoms with van der Waals surface area (Å²) in [6.45, 7) is 6.64. The minimum atomic E-state index is -0.419. The molecule has 6 nitrogen and oxygen atoms in total. The fourth-order valence-corrected chi connectivity index (χ4v) is 2.67. The van der Waals surface area contributed by atoms with Gasteiger partial charge in [0.25, 0.3) is 5.69 Å². The Hall–Kier alpha value is -1.69. The minimum absolute atomic E-state index is 0.0387. The Morgan fingerprint density at radius 3 is 2.50 bits per heavy atom. The highest BCUT2D eigenvalue weighted by atomic mass is 16.6. The van der Waals surface area contributed by atoms with Crippen molar-refractivity contribution in [1.29, 1.82) is 0 Å². The van der Waals surface area contributed by atoms with Crippen molar-refractivity contribution in [3.8, 4) is 0 Å². The van der Waals surface area contributed by atoms with Gasteiger partial charge in [-0.2, -0.15) is 0 Å². The van der Waals surface area contributed by atoms with Crippen molar-refractivity contribution < 1.29 is 4.92 Å². The summed E-state index contributed by atoms with van der Waals surface area (Å²) in [6.07, 6.45) is 3.54. The van der Waals surface area contributed by atoms with Gasteiger partial charge in [0.15, 0.2) is 0 Å². The number of nitrogens with zero attached hydrogens (tertiary/aromatic N) is 4. The van der Waals surface area contributed by atoms with Crippen molar-refractivity contribution >= 4 is 11.5 Å². The molecule has 0 bridgehead atoms. The molecule has 0 aromatic carbocycles. The van der Waals surface area contributed by atoms with Crippen LogP contribution < -0.4 is 4.90 Å². The van der Waals surface area contributed by atoms with Gasteiger partial charge < -0.3 is 9.80 Å². The average Bonchev–Trinajstić information content (AvgIpc) is 2.46. The standard InChI is InChI=1S/C14H22N4O2/c1-11(2)17-8-6-12(7-9-17)16(3)14-5-4-13(10-15-14)18(19)20/h4-5,10-12H,6-9H2,1-3H3. The van der Waals surface area contributed by atoms with Crippen molar-refractivity contribution in [2.75, 3.05) is 25.0 Å². The SMILES string of the molecule is CC(C)N1CCC(N(C)c2ccc([N+](=O)[O-])cn2)CC1. The summed E-state index contributed by atoms with van der Waals surface area (Å²) in [6, 6.07) is 4.30. The highest BCUT2D eigenvalue weighted by molar-refractivity contribution is 5.43. The highest BCUT2D eigenvalue weighted by Gasteiger charge is 2.24. The summed E-state index contributed by atoms with van der Waals surface area (Å²) in [5.41, 5.74) is 0.0387. The number of hydrogen-bond donors (Lipinski definition) is 0. The average molecular weight is 278 g/mol. The number of nitro groups is 1. The van der Waals surface area contributed by atoms with Crippen LogP contribution in [0.3, 0.4) is 0 Å². The van der Waals surface area contributed by atoms with E-state index < -0.39 is 4.92 Å². The van der Waals surface area contributed by atoms with Crippen LogP contribution in [0.4, 0.5) is 11.5 Å². The maximum absolute atomic E-state index is 10.6. The fourth-order valence-electron chi connectivity index (χ4n) is 2.67. The number of pyridine rings is 1. The second-order valence-electron chi connectivity index (χ2n) is 5.60. The number of piperidine rings is 1. The van der Waals surface area contributed by atoms with Crippen LogP contribution in [0.25, 0.3) is 0 Å². The molecule has 1 fully saturated rings. The van der Waals surface area contributed by atoms with Crippen LogP contribution in [0, 0.1) is 10.1 Å². The number of rotatable bonds is 4. The monoisotopic (exact) mass is 278 g/mol. The van der Waals surface area contributed by atoms with Crippen molar-refractivity contribution in [1.82, 2.24) is 9.88 Å². The quantitative estimate of drug-likeness (QED) is 0.624. The summed E-state index contributed by atoms with van der Waals surface area (Å²) in [5, 5.41) is 10.6. The lowest BCUT2D eigenvalue weighted by Gasteiger charge is -2.38. The van der Waals surface area contributed by atoms with E-state index >= 15 is 0 Å². The molecule has 0 saturated carbocycles. The smallest absolute Gasteiger partial charge is 0.287 e. The van der Waals surface area contributed by atoms with Crippen molar-refractivity contribution in [2.24, 2.45) is 0 Å². The molecule has 2 rings (SSSR count). The molecule has 0 spiro atoms. The Morgan fingerprint density at radius 2 is 2.05 bits per heavy atom. The van der Waals surface area contributed by atoms with Crippen LogP contribution >= 0.6 is 0 Å². The van der Waals surface area contributed by atoms with Crippen molar-refractivity contribution in [3.05, 3.63) is 28.4 Å². The Kier molecular flexibility index (Phi) is 4.54. The zero-order valence-electron chi connectivity index (χ0n) is 12.3. The van der Waals surface area contributed by atoms with E-state index in [0.717, 1.165) is 31.7 Å². The third-order valence-corrected chi connectivity index (χ3v) is 4.08. The molecule has 1 aliphatic rings. The van der Waals surface area contributed by atoms with Crippen LogP contribution in [0.15, 0.2) is 18.3 Å². The molecule has 1 aliphatic heterocycles. The van der Waals surface area contributed by atoms with Gasteiger partial charge in [-0.1, -0.05) is 0 Å². The third kappa shape index (κ3) is 3.25. The van der Waals surface area contributed by atoms with E-state index in [0.29, 0.717) is 12.1 Å². The zero-order chi connectivity index (χ0) is 14.7. The van der Waals surface area contributed by atoms with Gasteiger partial charge in [0, 0.05) is 38.3 Å². The predicted molar refractivity (Wildman–Crippen MR) is 79.0 cm³/mol. The number of likely N-dealkylation sites (tertiary alicyclic amines) is 1. The topological polar surface area (TPSA) is 62.5 Å². The highest BCUT2D eigenvalue weighted by Crippen LogP contribution is 2.22. The van der Waals surface area contributed by atoms with E-state index in [-0.39, 0.29) is 5.69 Å². The molecule has 1 aromatic heterocycles. The minimum Gasteiger partial charge on any atom is -0.357 e. The van der Waals surface area contributed by atoms with E-state index in [1.165, 1.54) is 12.3 Å². The predicted octanol–water partition coefficient (Wildman–Crippen LogP) is 2.30. The maximum Gasteiger partial charge on any atom is 0.287 e. The summed E-state index contributed by atoms with van der Waals surface area (Å²) < 4.78 is 0. The molecule has 0 N–H and O–H groups in total. The van der Waals surface area contributed by atoms with Crippen LogP contribution in [0.2, 0.25) is 0 Å². The van der Waals surface area contributed by atoms with Crippen molar-refractivity contribution in [3.63, 3.8) is 0 Å². The lowest BCUT2D eigenvalue weighted by atomic mass is 10.0. The first-order valence-electron chi connectivity index (χ1n) is 7.06. The maximum atomic E-state index is 10.6. The molecule has 20 heavy (non-hydrogen) atoms. The van der Waals surface area contributed by atoms with Crippen LogP contribution in [0.1, 0.15) is 26.7 Å². The summed E-state index contributed by atoms with van der Waals surface area (Å²) >= 11 is 0. The molecule has 2 heterocycles. The number of aromatic nitrogens is 1. The van der Waals surface area contributed by atoms with Crippen LogP contribution in [-0.4, -0.2) is 47.0 Å². The molecule has 1 saturated heterocycles. The van der Waals surface area contributed by atoms with Crippen LogP contribution in [0.5, 0.6) is 0 Å². The molecular weight excluding hydrogens is 256 g/mol. The first-order valence-corrected chi connectivity index (χ1v) is 7.06. The Balaban J connectivity index is 1.98. The van der Waals surface area contributed by atoms with Gasteiger partial charge in [-0.05, 0) is 32.8 Å². The third-order valence-electron chi connectivity index (χ3n) is 4.08. The van der Waals surface area contributed by atoms with E-state index in [2.05, 4.69) is 28.6 Å². The first-order chi connectivity index (χ1) is 9.49. The molecule has 0 radical (unpaired) electrons. The number of anilines is 1. The summed E-state index contributed by atoms with van der Waals surface area (Å²) in [4.78, 5) is 19.0. The molecule has 0 amide bonds. The first kappa shape index (κ1) is 14.7. The molecule has 0 unspecified atom stereocenters. The normalized spacial score (nSPS) is 17.4. The fraction of sp³-hybridized carbons (Fsp3) is 0.643. The molecular formula is C14H22N4O2. The van der Waals surface area contributed by atoms with Gasteiger partial charge >= 0.3 is 0 Å². The summed E-state index contributed by atoms with van der Waals surface area (Å²) in [5.74, 6) is 0.804. The zero-order valence-corrected chi connectivity index (χ0v) is 12.3. The Labute approximate surface area is 119 Å². The van der Waals surface area contributed by atoms with Gasteiger partial charge in [-0.3, -0.25) is 10.1 Å². The van der Waals surface area contributed by atoms with Crippen molar-refractivity contribution in [2.45, 2.75) is 38.8 Å². The van der Waals surface area contributed by atoms with Gasteiger partial charge in [0.05, 0.1) is 4.92 Å². The lowest BCUT2D eigenvalue weighted by Crippen LogP contribution is -2.45. The second-order valence-corrected chi connectivity index (χ2v) is 5.60. The molecule has 0 atom stereocenters. The van der Waals surface area contributed by atoms with E-state index in [4.69, 9.17) is 0 Å². The van der Waals surface area contributed by atoms with E-state index in [1.54, 1.807) is 6.07 Å². The second kappa shape index (κ2) is 6.17. The Morgan fingerprint density at radius 1 is 1.40 bits per heavy atom. The molecule has 110 valence electrons. The summed E-state index contributed by atoms with van der Waals surface area (Å²) in [7, 11) is 2.02. The van der Waals surface area contributed by atoms with Gasteiger partial charge in [0.1, 0.15) is 12.0 Å². The molecule has 0 aliphatic carbocycles. The number of hydrogen-bond acceptors (Lipinski definition) is 5. The molecule has 1 aromatic rings. The largest absolute Gasteiger partial charge is 0.357 e. The van der Waals surface area contributed by atoms with Gasteiger partial charge in [0.2, 0.25) is 0 Å². The Bertz CT molecular complexity index is 453. The lowest BCUT2D eigenvalue weighted by molar-refractivity contribution is -0.385. The van der Waals surface area contributed by atoms with E-state index in [9.17, 15) is 10.1 Å². The molecule has 6 heteroatoms.